The van der Waals surface area contributed by atoms with Crippen LogP contribution < -0.4 is 5.56 Å². The highest BCUT2D eigenvalue weighted by Crippen LogP contribution is 2.37. The molecule has 186 valence electrons. The van der Waals surface area contributed by atoms with Crippen molar-refractivity contribution in [2.24, 2.45) is 0 Å². The molecule has 2 fully saturated rings. The van der Waals surface area contributed by atoms with Crippen molar-refractivity contribution < 1.29 is 14.6 Å². The van der Waals surface area contributed by atoms with E-state index in [9.17, 15) is 14.7 Å². The van der Waals surface area contributed by atoms with Crippen molar-refractivity contribution in [3.8, 4) is 11.4 Å². The van der Waals surface area contributed by atoms with Crippen molar-refractivity contribution in [1.29, 1.82) is 0 Å². The second kappa shape index (κ2) is 10.0. The smallest absolute Gasteiger partial charge is 0.274 e. The molecule has 8 heteroatoms. The van der Waals surface area contributed by atoms with E-state index in [4.69, 9.17) is 4.74 Å². The van der Waals surface area contributed by atoms with Crippen LogP contribution in [0, 0.1) is 0 Å². The summed E-state index contributed by atoms with van der Waals surface area (Å²) in [7, 11) is 0. The number of carbonyl (C=O) groups is 1. The number of hydrogen-bond acceptors (Lipinski definition) is 6. The molecule has 2 N–H and O–H groups in total. The molecule has 0 saturated heterocycles. The molecule has 0 atom stereocenters. The van der Waals surface area contributed by atoms with Crippen LogP contribution in [-0.4, -0.2) is 41.7 Å². The van der Waals surface area contributed by atoms with Crippen LogP contribution in [0.15, 0.2) is 41.2 Å². The highest BCUT2D eigenvalue weighted by Gasteiger charge is 2.41. The largest absolute Gasteiger partial charge is 0.390 e. The van der Waals surface area contributed by atoms with Gasteiger partial charge in [-0.25, -0.2) is 4.98 Å². The molecule has 0 amide bonds. The van der Waals surface area contributed by atoms with Gasteiger partial charge in [-0.3, -0.25) is 14.7 Å². The summed E-state index contributed by atoms with van der Waals surface area (Å²) in [6, 6.07) is 11.0. The monoisotopic (exact) mass is 478 g/mol. The summed E-state index contributed by atoms with van der Waals surface area (Å²) in [4.78, 5) is 35.2. The Hall–Kier alpha value is -2.84. The van der Waals surface area contributed by atoms with Gasteiger partial charge in [-0.15, -0.1) is 0 Å². The molecule has 0 spiro atoms. The molecular formula is C27H34N4O4. The van der Waals surface area contributed by atoms with Crippen LogP contribution in [-0.2, 0) is 16.1 Å². The van der Waals surface area contributed by atoms with Crippen LogP contribution in [0.25, 0.3) is 17.2 Å². The Kier molecular flexibility index (Phi) is 6.84. The minimum atomic E-state index is -0.864. The molecule has 0 unspecified atom stereocenters. The van der Waals surface area contributed by atoms with Gasteiger partial charge < -0.3 is 9.84 Å². The van der Waals surface area contributed by atoms with Crippen LogP contribution >= 0.6 is 0 Å². The lowest BCUT2D eigenvalue weighted by molar-refractivity contribution is -0.153. The number of aromatic amines is 1. The van der Waals surface area contributed by atoms with E-state index >= 15 is 0 Å². The normalized spacial score (nSPS) is 19.6. The number of aliphatic hydroxyl groups is 1. The third-order valence-electron chi connectivity index (χ3n) is 7.70. The number of carbonyl (C=O) groups excluding carboxylic acids is 1. The van der Waals surface area contributed by atoms with Gasteiger partial charge in [0.05, 0.1) is 17.9 Å². The SMILES string of the molecule is O=C(CCC1(O)CCCCC1)C1(OCc2cc(=O)n3[nH]c(-c4ccccc4)nc3n2)CCCCC1. The van der Waals surface area contributed by atoms with E-state index in [0.29, 0.717) is 37.2 Å². The summed E-state index contributed by atoms with van der Waals surface area (Å²) in [5, 5.41) is 13.9. The molecule has 2 saturated carbocycles. The number of H-pyrrole nitrogens is 1. The third kappa shape index (κ3) is 5.23. The number of fused-ring (bicyclic) bond motifs is 1. The zero-order chi connectivity index (χ0) is 24.3. The number of nitrogens with one attached hydrogen (secondary N) is 1. The fraction of sp³-hybridized carbons (Fsp3) is 0.556. The Labute approximate surface area is 204 Å². The fourth-order valence-corrected chi connectivity index (χ4v) is 5.60. The van der Waals surface area contributed by atoms with Gasteiger partial charge in [0.1, 0.15) is 5.60 Å². The predicted molar refractivity (Wildman–Crippen MR) is 132 cm³/mol. The number of rotatable bonds is 8. The van der Waals surface area contributed by atoms with E-state index in [-0.39, 0.29) is 23.7 Å². The minimum Gasteiger partial charge on any atom is -0.390 e. The van der Waals surface area contributed by atoms with E-state index in [1.54, 1.807) is 0 Å². The van der Waals surface area contributed by atoms with E-state index in [0.717, 1.165) is 56.9 Å². The molecule has 2 aromatic heterocycles. The Bertz CT molecular complexity index is 1220. The van der Waals surface area contributed by atoms with Crippen LogP contribution in [0.3, 0.4) is 0 Å². The Balaban J connectivity index is 1.32. The lowest BCUT2D eigenvalue weighted by Gasteiger charge is -2.37. The molecule has 0 radical (unpaired) electrons. The maximum absolute atomic E-state index is 13.4. The highest BCUT2D eigenvalue weighted by molar-refractivity contribution is 5.87. The standard InChI is InChI=1S/C27H34N4O4/c32-22(12-17-26(34)13-6-2-7-14-26)27(15-8-3-9-16-27)35-19-21-18-23(33)31-25(28-21)29-24(30-31)20-10-4-1-5-11-20/h1,4-5,10-11,18,34H,2-3,6-9,12-17,19H2,(H,28,29,30). The molecule has 2 aliphatic carbocycles. The van der Waals surface area contributed by atoms with Crippen molar-refractivity contribution >= 4 is 11.6 Å². The molecule has 0 bridgehead atoms. The van der Waals surface area contributed by atoms with Gasteiger partial charge in [0.15, 0.2) is 11.6 Å². The number of ketones is 1. The van der Waals surface area contributed by atoms with Crippen molar-refractivity contribution in [2.75, 3.05) is 0 Å². The summed E-state index contributed by atoms with van der Waals surface area (Å²) < 4.78 is 7.62. The molecule has 3 aromatic rings. The third-order valence-corrected chi connectivity index (χ3v) is 7.70. The van der Waals surface area contributed by atoms with Crippen molar-refractivity contribution in [3.05, 3.63) is 52.4 Å². The zero-order valence-corrected chi connectivity index (χ0v) is 20.2. The molecular weight excluding hydrogens is 444 g/mol. The number of aromatic nitrogens is 4. The molecule has 2 heterocycles. The number of Topliss-reactive ketones (excluding diaryl/α,β-unsaturated/α-hetero) is 1. The van der Waals surface area contributed by atoms with Crippen molar-refractivity contribution in [2.45, 2.75) is 94.9 Å². The minimum absolute atomic E-state index is 0.0696. The molecule has 5 rings (SSSR count). The molecule has 2 aliphatic rings. The maximum atomic E-state index is 13.4. The summed E-state index contributed by atoms with van der Waals surface area (Å²) in [6.45, 7) is 0.0786. The number of hydrogen-bond donors (Lipinski definition) is 2. The van der Waals surface area contributed by atoms with Gasteiger partial charge in [-0.05, 0) is 32.1 Å². The summed E-state index contributed by atoms with van der Waals surface area (Å²) >= 11 is 0. The van der Waals surface area contributed by atoms with Crippen molar-refractivity contribution in [3.63, 3.8) is 0 Å². The van der Waals surface area contributed by atoms with E-state index in [2.05, 4.69) is 15.1 Å². The van der Waals surface area contributed by atoms with Crippen molar-refractivity contribution in [1.82, 2.24) is 19.6 Å². The van der Waals surface area contributed by atoms with Crippen LogP contribution in [0.1, 0.15) is 82.7 Å². The number of benzene rings is 1. The second-order valence-electron chi connectivity index (χ2n) is 10.2. The average Bonchev–Trinajstić information content (AvgIpc) is 3.33. The fourth-order valence-electron chi connectivity index (χ4n) is 5.60. The molecule has 0 aliphatic heterocycles. The van der Waals surface area contributed by atoms with Gasteiger partial charge >= 0.3 is 0 Å². The van der Waals surface area contributed by atoms with Crippen LogP contribution in [0.4, 0.5) is 0 Å². The predicted octanol–water partition coefficient (Wildman–Crippen LogP) is 4.35. The Morgan fingerprint density at radius 2 is 1.69 bits per heavy atom. The van der Waals surface area contributed by atoms with Crippen LogP contribution in [0.5, 0.6) is 0 Å². The highest BCUT2D eigenvalue weighted by atomic mass is 16.5. The molecule has 1 aromatic carbocycles. The topological polar surface area (TPSA) is 110 Å². The van der Waals surface area contributed by atoms with Gasteiger partial charge in [0, 0.05) is 18.1 Å². The van der Waals surface area contributed by atoms with Gasteiger partial charge in [0.2, 0.25) is 0 Å². The number of nitrogens with zero attached hydrogens (tertiary/aromatic N) is 3. The summed E-state index contributed by atoms with van der Waals surface area (Å²) in [5.74, 6) is 0.909. The summed E-state index contributed by atoms with van der Waals surface area (Å²) in [6.07, 6.45) is 9.88. The first-order valence-corrected chi connectivity index (χ1v) is 12.9. The van der Waals surface area contributed by atoms with Gasteiger partial charge in [0.25, 0.3) is 11.3 Å². The zero-order valence-electron chi connectivity index (χ0n) is 20.2. The molecule has 8 nitrogen and oxygen atoms in total. The van der Waals surface area contributed by atoms with Gasteiger partial charge in [-0.2, -0.15) is 9.50 Å². The first-order chi connectivity index (χ1) is 17.0. The quantitative estimate of drug-likeness (QED) is 0.498. The first-order valence-electron chi connectivity index (χ1n) is 12.9. The maximum Gasteiger partial charge on any atom is 0.274 e. The number of ether oxygens (including phenoxy) is 1. The summed E-state index contributed by atoms with van der Waals surface area (Å²) in [5.41, 5.74) is -0.531. The van der Waals surface area contributed by atoms with Gasteiger partial charge in [-0.1, -0.05) is 68.9 Å². The molecule has 35 heavy (non-hydrogen) atoms. The Morgan fingerprint density at radius 3 is 2.40 bits per heavy atom. The lowest BCUT2D eigenvalue weighted by Crippen LogP contribution is -2.44. The van der Waals surface area contributed by atoms with E-state index < -0.39 is 11.2 Å². The average molecular weight is 479 g/mol. The van der Waals surface area contributed by atoms with Crippen LogP contribution in [0.2, 0.25) is 0 Å². The lowest BCUT2D eigenvalue weighted by atomic mass is 9.76. The second-order valence-corrected chi connectivity index (χ2v) is 10.2. The van der Waals surface area contributed by atoms with E-state index in [1.165, 1.54) is 10.6 Å². The Morgan fingerprint density at radius 1 is 1.00 bits per heavy atom. The van der Waals surface area contributed by atoms with E-state index in [1.807, 2.05) is 30.3 Å². The first kappa shape index (κ1) is 23.9.